The van der Waals surface area contributed by atoms with Gasteiger partial charge in [-0.15, -0.1) is 0 Å². The van der Waals surface area contributed by atoms with E-state index < -0.39 is 4.92 Å². The fraction of sp³-hybridized carbons (Fsp3) is 0.214. The Kier molecular flexibility index (Phi) is 4.14. The molecule has 2 rings (SSSR count). The smallest absolute Gasteiger partial charge is 0.287 e. The molecule has 0 aliphatic carbocycles. The summed E-state index contributed by atoms with van der Waals surface area (Å²) in [7, 11) is 1.62. The highest BCUT2D eigenvalue weighted by atomic mass is 16.6. The van der Waals surface area contributed by atoms with Crippen molar-refractivity contribution in [2.75, 3.05) is 7.11 Å². The van der Waals surface area contributed by atoms with E-state index in [1.54, 1.807) is 7.11 Å². The van der Waals surface area contributed by atoms with Gasteiger partial charge in [-0.05, 0) is 24.1 Å². The minimum absolute atomic E-state index is 0.0608. The van der Waals surface area contributed by atoms with E-state index in [0.717, 1.165) is 16.9 Å². The van der Waals surface area contributed by atoms with E-state index >= 15 is 0 Å². The summed E-state index contributed by atoms with van der Waals surface area (Å²) in [5, 5.41) is 10.5. The standard InChI is InChI=1S/C14H14N2O4/c1-10-3-4-11(7-13(10)19-2)9-20-14-6-5-12(8-15-14)16(17)18/h3-8H,9H2,1-2H3. The van der Waals surface area contributed by atoms with Crippen molar-refractivity contribution in [2.45, 2.75) is 13.5 Å². The number of aromatic nitrogens is 1. The molecule has 6 nitrogen and oxygen atoms in total. The second-order valence-electron chi connectivity index (χ2n) is 4.20. The third kappa shape index (κ3) is 3.23. The van der Waals surface area contributed by atoms with Crippen LogP contribution < -0.4 is 9.47 Å². The molecule has 0 saturated heterocycles. The highest BCUT2D eigenvalue weighted by Gasteiger charge is 2.06. The van der Waals surface area contributed by atoms with E-state index in [1.165, 1.54) is 18.3 Å². The van der Waals surface area contributed by atoms with Crippen LogP contribution >= 0.6 is 0 Å². The lowest BCUT2D eigenvalue weighted by molar-refractivity contribution is -0.385. The number of nitrogens with zero attached hydrogens (tertiary/aromatic N) is 2. The van der Waals surface area contributed by atoms with Crippen LogP contribution in [0.3, 0.4) is 0 Å². The SMILES string of the molecule is COc1cc(COc2ccc([N+](=O)[O-])cn2)ccc1C. The van der Waals surface area contributed by atoms with Crippen LogP contribution in [0.25, 0.3) is 0 Å². The summed E-state index contributed by atoms with van der Waals surface area (Å²) in [5.41, 5.74) is 1.92. The first-order chi connectivity index (χ1) is 9.60. The summed E-state index contributed by atoms with van der Waals surface area (Å²) in [4.78, 5) is 13.9. The van der Waals surface area contributed by atoms with E-state index in [1.807, 2.05) is 25.1 Å². The van der Waals surface area contributed by atoms with E-state index in [0.29, 0.717) is 12.5 Å². The summed E-state index contributed by atoms with van der Waals surface area (Å²) in [5.74, 6) is 1.14. The molecule has 1 aromatic carbocycles. The third-order valence-corrected chi connectivity index (χ3v) is 2.79. The molecule has 0 bridgehead atoms. The first-order valence-corrected chi connectivity index (χ1v) is 5.97. The Balaban J connectivity index is 2.03. The fourth-order valence-corrected chi connectivity index (χ4v) is 1.68. The predicted octanol–water partition coefficient (Wildman–Crippen LogP) is 2.89. The largest absolute Gasteiger partial charge is 0.496 e. The molecule has 20 heavy (non-hydrogen) atoms. The van der Waals surface area contributed by atoms with E-state index in [-0.39, 0.29) is 5.69 Å². The summed E-state index contributed by atoms with van der Waals surface area (Å²) < 4.78 is 10.7. The Morgan fingerprint density at radius 1 is 1.30 bits per heavy atom. The van der Waals surface area contributed by atoms with Gasteiger partial charge in [-0.3, -0.25) is 10.1 Å². The minimum Gasteiger partial charge on any atom is -0.496 e. The van der Waals surface area contributed by atoms with Gasteiger partial charge in [0.1, 0.15) is 18.6 Å². The van der Waals surface area contributed by atoms with Crippen LogP contribution in [0.5, 0.6) is 11.6 Å². The zero-order valence-corrected chi connectivity index (χ0v) is 11.2. The lowest BCUT2D eigenvalue weighted by Crippen LogP contribution is -1.99. The number of methoxy groups -OCH3 is 1. The molecule has 0 saturated carbocycles. The van der Waals surface area contributed by atoms with Gasteiger partial charge >= 0.3 is 0 Å². The zero-order valence-electron chi connectivity index (χ0n) is 11.2. The number of hydrogen-bond donors (Lipinski definition) is 0. The molecule has 0 spiro atoms. The van der Waals surface area contributed by atoms with Crippen LogP contribution in [0, 0.1) is 17.0 Å². The number of benzene rings is 1. The Labute approximate surface area is 116 Å². The summed E-state index contributed by atoms with van der Waals surface area (Å²) in [6.45, 7) is 2.28. The van der Waals surface area contributed by atoms with Crippen LogP contribution in [0.1, 0.15) is 11.1 Å². The Morgan fingerprint density at radius 2 is 2.10 bits per heavy atom. The minimum atomic E-state index is -0.498. The molecule has 104 valence electrons. The number of hydrogen-bond acceptors (Lipinski definition) is 5. The summed E-state index contributed by atoms with van der Waals surface area (Å²) in [6.07, 6.45) is 1.17. The van der Waals surface area contributed by atoms with Crippen molar-refractivity contribution in [2.24, 2.45) is 0 Å². The van der Waals surface area contributed by atoms with E-state index in [2.05, 4.69) is 4.98 Å². The maximum Gasteiger partial charge on any atom is 0.287 e. The fourth-order valence-electron chi connectivity index (χ4n) is 1.68. The predicted molar refractivity (Wildman–Crippen MR) is 73.0 cm³/mol. The maximum atomic E-state index is 10.5. The van der Waals surface area contributed by atoms with Gasteiger partial charge in [-0.25, -0.2) is 4.98 Å². The molecule has 0 N–H and O–H groups in total. The quantitative estimate of drug-likeness (QED) is 0.619. The van der Waals surface area contributed by atoms with Gasteiger partial charge in [0.05, 0.1) is 12.0 Å². The lowest BCUT2D eigenvalue weighted by atomic mass is 10.1. The van der Waals surface area contributed by atoms with Crippen LogP contribution in [0.2, 0.25) is 0 Å². The highest BCUT2D eigenvalue weighted by molar-refractivity contribution is 5.36. The van der Waals surface area contributed by atoms with Gasteiger partial charge < -0.3 is 9.47 Å². The molecule has 2 aromatic rings. The first kappa shape index (κ1) is 13.8. The molecule has 1 heterocycles. The second kappa shape index (κ2) is 6.01. The number of nitro groups is 1. The monoisotopic (exact) mass is 274 g/mol. The number of pyridine rings is 1. The van der Waals surface area contributed by atoms with Crippen LogP contribution in [-0.4, -0.2) is 17.0 Å². The maximum absolute atomic E-state index is 10.5. The molecule has 6 heteroatoms. The van der Waals surface area contributed by atoms with Crippen molar-refractivity contribution >= 4 is 5.69 Å². The van der Waals surface area contributed by atoms with Crippen molar-refractivity contribution in [1.82, 2.24) is 4.98 Å². The van der Waals surface area contributed by atoms with Gasteiger partial charge in [0.2, 0.25) is 5.88 Å². The normalized spacial score (nSPS) is 10.1. The van der Waals surface area contributed by atoms with Crippen molar-refractivity contribution < 1.29 is 14.4 Å². The lowest BCUT2D eigenvalue weighted by Gasteiger charge is -2.08. The Bertz CT molecular complexity index is 611. The molecule has 1 aromatic heterocycles. The molecule has 0 fully saturated rings. The van der Waals surface area contributed by atoms with Crippen molar-refractivity contribution in [1.29, 1.82) is 0 Å². The molecule has 0 aliphatic rings. The van der Waals surface area contributed by atoms with Crippen LogP contribution in [-0.2, 0) is 6.61 Å². The van der Waals surface area contributed by atoms with Crippen molar-refractivity contribution in [3.63, 3.8) is 0 Å². The van der Waals surface area contributed by atoms with E-state index in [9.17, 15) is 10.1 Å². The third-order valence-electron chi connectivity index (χ3n) is 2.79. The van der Waals surface area contributed by atoms with Gasteiger partial charge in [-0.2, -0.15) is 0 Å². The summed E-state index contributed by atoms with van der Waals surface area (Å²) in [6, 6.07) is 8.60. The summed E-state index contributed by atoms with van der Waals surface area (Å²) >= 11 is 0. The zero-order chi connectivity index (χ0) is 14.5. The Morgan fingerprint density at radius 3 is 2.70 bits per heavy atom. The van der Waals surface area contributed by atoms with Gasteiger partial charge in [0.25, 0.3) is 5.69 Å². The van der Waals surface area contributed by atoms with Crippen molar-refractivity contribution in [3.8, 4) is 11.6 Å². The van der Waals surface area contributed by atoms with Crippen LogP contribution in [0.4, 0.5) is 5.69 Å². The second-order valence-corrected chi connectivity index (χ2v) is 4.20. The van der Waals surface area contributed by atoms with Gasteiger partial charge in [-0.1, -0.05) is 12.1 Å². The molecule has 0 unspecified atom stereocenters. The van der Waals surface area contributed by atoms with E-state index in [4.69, 9.17) is 9.47 Å². The van der Waals surface area contributed by atoms with Gasteiger partial charge in [0, 0.05) is 12.1 Å². The number of ether oxygens (including phenoxy) is 2. The number of rotatable bonds is 5. The Hall–Kier alpha value is -2.63. The van der Waals surface area contributed by atoms with Crippen LogP contribution in [0.15, 0.2) is 36.5 Å². The van der Waals surface area contributed by atoms with Gasteiger partial charge in [0.15, 0.2) is 0 Å². The van der Waals surface area contributed by atoms with Crippen molar-refractivity contribution in [3.05, 3.63) is 57.8 Å². The molecular formula is C14H14N2O4. The average Bonchev–Trinajstić information content (AvgIpc) is 2.46. The first-order valence-electron chi connectivity index (χ1n) is 5.97. The number of aryl methyl sites for hydroxylation is 1. The molecular weight excluding hydrogens is 260 g/mol. The topological polar surface area (TPSA) is 74.5 Å². The average molecular weight is 274 g/mol. The molecule has 0 amide bonds. The molecule has 0 radical (unpaired) electrons. The highest BCUT2D eigenvalue weighted by Crippen LogP contribution is 2.20. The molecule has 0 atom stereocenters. The molecule has 0 aliphatic heterocycles.